The van der Waals surface area contributed by atoms with E-state index in [9.17, 15) is 20.0 Å². The smallest absolute Gasteiger partial charge is 0.293 e. The fourth-order valence-corrected chi connectivity index (χ4v) is 3.19. The van der Waals surface area contributed by atoms with Gasteiger partial charge in [0.25, 0.3) is 11.6 Å². The summed E-state index contributed by atoms with van der Waals surface area (Å²) in [6.07, 6.45) is 0. The van der Waals surface area contributed by atoms with Gasteiger partial charge in [-0.05, 0) is 42.5 Å². The van der Waals surface area contributed by atoms with E-state index in [1.807, 2.05) is 4.90 Å². The summed E-state index contributed by atoms with van der Waals surface area (Å²) in [5.41, 5.74) is 0.551. The number of aromatic hydroxyl groups is 1. The Kier molecular flexibility index (Phi) is 6.47. The number of phenolic OH excluding ortho intramolecular Hbond substituents is 1. The number of nitro groups is 1. The van der Waals surface area contributed by atoms with Gasteiger partial charge in [0.1, 0.15) is 11.4 Å². The van der Waals surface area contributed by atoms with E-state index >= 15 is 0 Å². The SMILES string of the molecule is O=C(NC(=S)Nc1cc(Cl)ccc1O)c1ccc(N2CCOCC2)c([N+](=O)[O-])c1. The van der Waals surface area contributed by atoms with Gasteiger partial charge in [0.2, 0.25) is 0 Å². The number of nitro benzene ring substituents is 1. The van der Waals surface area contributed by atoms with Gasteiger partial charge in [0.05, 0.1) is 23.8 Å². The third kappa shape index (κ3) is 5.11. The van der Waals surface area contributed by atoms with Crippen molar-refractivity contribution in [3.05, 3.63) is 57.1 Å². The van der Waals surface area contributed by atoms with Crippen LogP contribution >= 0.6 is 23.8 Å². The summed E-state index contributed by atoms with van der Waals surface area (Å²) >= 11 is 10.9. The molecule has 1 heterocycles. The van der Waals surface area contributed by atoms with E-state index in [1.165, 1.54) is 36.4 Å². The summed E-state index contributed by atoms with van der Waals surface area (Å²) in [7, 11) is 0. The van der Waals surface area contributed by atoms with Gasteiger partial charge in [0.15, 0.2) is 5.11 Å². The normalized spacial score (nSPS) is 13.6. The van der Waals surface area contributed by atoms with Crippen molar-refractivity contribution >= 4 is 51.9 Å². The van der Waals surface area contributed by atoms with Crippen LogP contribution in [0.5, 0.6) is 5.75 Å². The Balaban J connectivity index is 1.74. The van der Waals surface area contributed by atoms with Crippen molar-refractivity contribution in [1.29, 1.82) is 0 Å². The number of carbonyl (C=O) groups excluding carboxylic acids is 1. The third-order valence-electron chi connectivity index (χ3n) is 4.22. The lowest BCUT2D eigenvalue weighted by atomic mass is 10.1. The first-order chi connectivity index (χ1) is 13.8. The number of phenols is 1. The van der Waals surface area contributed by atoms with Crippen LogP contribution in [0, 0.1) is 10.1 Å². The Hall–Kier alpha value is -2.95. The van der Waals surface area contributed by atoms with Crippen molar-refractivity contribution in [2.75, 3.05) is 36.5 Å². The van der Waals surface area contributed by atoms with Crippen LogP contribution in [-0.4, -0.2) is 47.4 Å². The zero-order chi connectivity index (χ0) is 21.0. The summed E-state index contributed by atoms with van der Waals surface area (Å²) in [5, 5.41) is 26.7. The number of ether oxygens (including phenoxy) is 1. The van der Waals surface area contributed by atoms with E-state index in [2.05, 4.69) is 10.6 Å². The van der Waals surface area contributed by atoms with Gasteiger partial charge >= 0.3 is 0 Å². The van der Waals surface area contributed by atoms with Crippen LogP contribution in [0.25, 0.3) is 0 Å². The highest BCUT2D eigenvalue weighted by Gasteiger charge is 2.23. The quantitative estimate of drug-likeness (QED) is 0.290. The molecule has 1 fully saturated rings. The lowest BCUT2D eigenvalue weighted by Gasteiger charge is -2.28. The predicted octanol–water partition coefficient (Wildman–Crippen LogP) is 2.92. The van der Waals surface area contributed by atoms with Gasteiger partial charge < -0.3 is 20.1 Å². The molecule has 29 heavy (non-hydrogen) atoms. The molecular formula is C18H17ClN4O5S. The summed E-state index contributed by atoms with van der Waals surface area (Å²) in [5.74, 6) is -0.725. The molecule has 0 aromatic heterocycles. The molecular weight excluding hydrogens is 420 g/mol. The van der Waals surface area contributed by atoms with Gasteiger partial charge in [-0.3, -0.25) is 20.2 Å². The number of benzene rings is 2. The summed E-state index contributed by atoms with van der Waals surface area (Å²) in [6.45, 7) is 2.03. The number of carbonyl (C=O) groups is 1. The Bertz CT molecular complexity index is 965. The van der Waals surface area contributed by atoms with Crippen LogP contribution < -0.4 is 15.5 Å². The molecule has 9 nitrogen and oxygen atoms in total. The molecule has 0 bridgehead atoms. The van der Waals surface area contributed by atoms with Gasteiger partial charge in [0, 0.05) is 29.7 Å². The maximum atomic E-state index is 12.5. The second kappa shape index (κ2) is 9.03. The third-order valence-corrected chi connectivity index (χ3v) is 4.66. The molecule has 3 rings (SSSR count). The Labute approximate surface area is 176 Å². The lowest BCUT2D eigenvalue weighted by Crippen LogP contribution is -2.37. The molecule has 0 saturated carbocycles. The highest BCUT2D eigenvalue weighted by Crippen LogP contribution is 2.30. The van der Waals surface area contributed by atoms with Crippen molar-refractivity contribution in [3.8, 4) is 5.75 Å². The van der Waals surface area contributed by atoms with E-state index in [0.29, 0.717) is 37.0 Å². The number of anilines is 2. The maximum Gasteiger partial charge on any atom is 0.293 e. The molecule has 0 spiro atoms. The van der Waals surface area contributed by atoms with E-state index in [4.69, 9.17) is 28.6 Å². The van der Waals surface area contributed by atoms with Crippen LogP contribution in [0.2, 0.25) is 5.02 Å². The first-order valence-electron chi connectivity index (χ1n) is 8.57. The largest absolute Gasteiger partial charge is 0.506 e. The first kappa shape index (κ1) is 20.8. The minimum Gasteiger partial charge on any atom is -0.506 e. The number of thiocarbonyl (C=S) groups is 1. The van der Waals surface area contributed by atoms with Crippen molar-refractivity contribution in [3.63, 3.8) is 0 Å². The van der Waals surface area contributed by atoms with Crippen LogP contribution in [0.3, 0.4) is 0 Å². The fourth-order valence-electron chi connectivity index (χ4n) is 2.82. The van der Waals surface area contributed by atoms with Crippen LogP contribution in [-0.2, 0) is 4.74 Å². The van der Waals surface area contributed by atoms with E-state index < -0.39 is 10.8 Å². The second-order valence-corrected chi connectivity index (χ2v) is 6.97. The molecule has 11 heteroatoms. The number of amides is 1. The molecule has 1 aliphatic rings. The number of hydrogen-bond donors (Lipinski definition) is 3. The molecule has 152 valence electrons. The molecule has 0 radical (unpaired) electrons. The van der Waals surface area contributed by atoms with E-state index in [1.54, 1.807) is 0 Å². The van der Waals surface area contributed by atoms with Gasteiger partial charge in [-0.2, -0.15) is 0 Å². The summed E-state index contributed by atoms with van der Waals surface area (Å²) in [4.78, 5) is 25.3. The monoisotopic (exact) mass is 436 g/mol. The molecule has 2 aromatic carbocycles. The second-order valence-electron chi connectivity index (χ2n) is 6.13. The van der Waals surface area contributed by atoms with Crippen molar-refractivity contribution in [2.45, 2.75) is 0 Å². The highest BCUT2D eigenvalue weighted by molar-refractivity contribution is 7.80. The Morgan fingerprint density at radius 3 is 2.66 bits per heavy atom. The van der Waals surface area contributed by atoms with E-state index in [0.717, 1.165) is 0 Å². The number of hydrogen-bond acceptors (Lipinski definition) is 7. The van der Waals surface area contributed by atoms with Crippen molar-refractivity contribution < 1.29 is 19.6 Å². The number of morpholine rings is 1. The predicted molar refractivity (Wildman–Crippen MR) is 113 cm³/mol. The zero-order valence-electron chi connectivity index (χ0n) is 15.1. The standard InChI is InChI=1S/C18H17ClN4O5S/c19-12-2-4-16(24)13(10-12)20-18(29)21-17(25)11-1-3-14(15(9-11)23(26)27)22-5-7-28-8-6-22/h1-4,9-10,24H,5-8H2,(H2,20,21,25,29). The number of nitrogens with one attached hydrogen (secondary N) is 2. The molecule has 0 aliphatic carbocycles. The average Bonchev–Trinajstić information content (AvgIpc) is 2.70. The van der Waals surface area contributed by atoms with Crippen molar-refractivity contribution in [2.24, 2.45) is 0 Å². The van der Waals surface area contributed by atoms with Gasteiger partial charge in [-0.25, -0.2) is 0 Å². The average molecular weight is 437 g/mol. The molecule has 3 N–H and O–H groups in total. The van der Waals surface area contributed by atoms with Crippen LogP contribution in [0.4, 0.5) is 17.1 Å². The highest BCUT2D eigenvalue weighted by atomic mass is 35.5. The Morgan fingerprint density at radius 2 is 1.97 bits per heavy atom. The van der Waals surface area contributed by atoms with Crippen molar-refractivity contribution in [1.82, 2.24) is 5.32 Å². The lowest BCUT2D eigenvalue weighted by molar-refractivity contribution is -0.384. The fraction of sp³-hybridized carbons (Fsp3) is 0.222. The minimum absolute atomic E-state index is 0.0770. The van der Waals surface area contributed by atoms with Gasteiger partial charge in [-0.15, -0.1) is 0 Å². The molecule has 1 aliphatic heterocycles. The molecule has 0 atom stereocenters. The minimum atomic E-state index is -0.624. The summed E-state index contributed by atoms with van der Waals surface area (Å²) in [6, 6.07) is 8.56. The number of nitrogens with zero attached hydrogens (tertiary/aromatic N) is 2. The number of halogens is 1. The first-order valence-corrected chi connectivity index (χ1v) is 9.36. The molecule has 1 saturated heterocycles. The molecule has 2 aromatic rings. The van der Waals surface area contributed by atoms with Gasteiger partial charge in [-0.1, -0.05) is 11.6 Å². The maximum absolute atomic E-state index is 12.5. The van der Waals surface area contributed by atoms with E-state index in [-0.39, 0.29) is 27.8 Å². The number of rotatable bonds is 4. The Morgan fingerprint density at radius 1 is 1.24 bits per heavy atom. The topological polar surface area (TPSA) is 117 Å². The molecule has 1 amide bonds. The zero-order valence-corrected chi connectivity index (χ0v) is 16.6. The van der Waals surface area contributed by atoms with Crippen LogP contribution in [0.1, 0.15) is 10.4 Å². The van der Waals surface area contributed by atoms with Crippen LogP contribution in [0.15, 0.2) is 36.4 Å². The molecule has 0 unspecified atom stereocenters. The summed E-state index contributed by atoms with van der Waals surface area (Å²) < 4.78 is 5.27.